The molecule has 2 rings (SSSR count). The minimum atomic E-state index is -0.653. The van der Waals surface area contributed by atoms with Gasteiger partial charge in [-0.25, -0.2) is 9.97 Å². The van der Waals surface area contributed by atoms with Gasteiger partial charge in [-0.3, -0.25) is 4.79 Å². The third-order valence-electron chi connectivity index (χ3n) is 3.48. The van der Waals surface area contributed by atoms with Crippen LogP contribution in [-0.2, 0) is 11.3 Å². The van der Waals surface area contributed by atoms with Crippen molar-refractivity contribution >= 4 is 5.97 Å². The van der Waals surface area contributed by atoms with E-state index in [1.165, 1.54) is 0 Å². The van der Waals surface area contributed by atoms with Crippen molar-refractivity contribution < 1.29 is 9.90 Å². The van der Waals surface area contributed by atoms with Crippen LogP contribution in [0.5, 0.6) is 0 Å². The molecule has 1 aliphatic carbocycles. The fourth-order valence-electron chi connectivity index (χ4n) is 2.40. The van der Waals surface area contributed by atoms with Crippen LogP contribution in [0, 0.1) is 12.8 Å². The van der Waals surface area contributed by atoms with Crippen molar-refractivity contribution in [3.8, 4) is 0 Å². The Kier molecular flexibility index (Phi) is 4.25. The lowest BCUT2D eigenvalue weighted by molar-refractivity contribution is -0.142. The first kappa shape index (κ1) is 13.0. The van der Waals surface area contributed by atoms with E-state index in [9.17, 15) is 4.79 Å². The number of aliphatic carboxylic acids is 1. The zero-order valence-electron chi connectivity index (χ0n) is 10.6. The molecule has 2 N–H and O–H groups in total. The van der Waals surface area contributed by atoms with Crippen LogP contribution in [0.15, 0.2) is 12.3 Å². The second kappa shape index (κ2) is 5.91. The highest BCUT2D eigenvalue weighted by molar-refractivity contribution is 5.70. The van der Waals surface area contributed by atoms with Crippen molar-refractivity contribution in [2.24, 2.45) is 5.92 Å². The predicted molar refractivity (Wildman–Crippen MR) is 67.0 cm³/mol. The first-order valence-electron chi connectivity index (χ1n) is 6.40. The van der Waals surface area contributed by atoms with E-state index in [2.05, 4.69) is 15.3 Å². The van der Waals surface area contributed by atoms with Crippen LogP contribution in [0.25, 0.3) is 0 Å². The van der Waals surface area contributed by atoms with Crippen molar-refractivity contribution in [2.45, 2.75) is 45.2 Å². The molecule has 0 saturated heterocycles. The van der Waals surface area contributed by atoms with Crippen molar-refractivity contribution in [2.75, 3.05) is 0 Å². The molecule has 5 heteroatoms. The average Bonchev–Trinajstić information content (AvgIpc) is 2.37. The molecule has 0 spiro atoms. The topological polar surface area (TPSA) is 75.1 Å². The zero-order valence-corrected chi connectivity index (χ0v) is 10.6. The van der Waals surface area contributed by atoms with E-state index in [0.717, 1.165) is 43.7 Å². The summed E-state index contributed by atoms with van der Waals surface area (Å²) in [6.45, 7) is 2.60. The van der Waals surface area contributed by atoms with Crippen LogP contribution in [0.4, 0.5) is 0 Å². The molecular formula is C13H19N3O2. The lowest BCUT2D eigenvalue weighted by atomic mass is 9.86. The quantitative estimate of drug-likeness (QED) is 0.846. The van der Waals surface area contributed by atoms with E-state index in [4.69, 9.17) is 5.11 Å². The van der Waals surface area contributed by atoms with Gasteiger partial charge < -0.3 is 10.4 Å². The molecule has 0 radical (unpaired) electrons. The summed E-state index contributed by atoms with van der Waals surface area (Å²) < 4.78 is 0. The molecule has 18 heavy (non-hydrogen) atoms. The van der Waals surface area contributed by atoms with Gasteiger partial charge in [0.1, 0.15) is 5.82 Å². The van der Waals surface area contributed by atoms with Gasteiger partial charge in [-0.15, -0.1) is 0 Å². The van der Waals surface area contributed by atoms with Gasteiger partial charge in [0.15, 0.2) is 0 Å². The summed E-state index contributed by atoms with van der Waals surface area (Å²) in [5.41, 5.74) is 0.989. The molecule has 0 aliphatic heterocycles. The van der Waals surface area contributed by atoms with Gasteiger partial charge in [-0.05, 0) is 38.7 Å². The summed E-state index contributed by atoms with van der Waals surface area (Å²) >= 11 is 0. The van der Waals surface area contributed by atoms with Crippen LogP contribution < -0.4 is 5.32 Å². The molecule has 1 aromatic heterocycles. The molecule has 1 saturated carbocycles. The normalized spacial score (nSPS) is 23.8. The number of nitrogens with one attached hydrogen (secondary N) is 1. The van der Waals surface area contributed by atoms with Gasteiger partial charge in [0, 0.05) is 18.8 Å². The second-order valence-corrected chi connectivity index (χ2v) is 4.86. The lowest BCUT2D eigenvalue weighted by Crippen LogP contribution is -2.34. The fraction of sp³-hybridized carbons (Fsp3) is 0.615. The Morgan fingerprint density at radius 1 is 1.44 bits per heavy atom. The highest BCUT2D eigenvalue weighted by atomic mass is 16.4. The number of carboxylic acids is 1. The first-order chi connectivity index (χ1) is 8.65. The molecular weight excluding hydrogens is 230 g/mol. The molecule has 98 valence electrons. The third-order valence-corrected chi connectivity index (χ3v) is 3.48. The van der Waals surface area contributed by atoms with E-state index < -0.39 is 5.97 Å². The number of carbonyl (C=O) groups is 1. The number of hydrogen-bond donors (Lipinski definition) is 2. The van der Waals surface area contributed by atoms with Crippen molar-refractivity contribution in [3.05, 3.63) is 23.8 Å². The molecule has 1 aliphatic rings. The molecule has 0 amide bonds. The summed E-state index contributed by atoms with van der Waals surface area (Å²) in [6, 6.07) is 2.32. The standard InChI is InChI=1S/C13H19N3O2/c1-9-14-7-6-12(16-9)8-15-11-4-2-10(3-5-11)13(17)18/h6-7,10-11,15H,2-5,8H2,1H3,(H,17,18). The number of carboxylic acid groups (broad SMARTS) is 1. The van der Waals surface area contributed by atoms with Gasteiger partial charge in [-0.2, -0.15) is 0 Å². The minimum Gasteiger partial charge on any atom is -0.481 e. The fourth-order valence-corrected chi connectivity index (χ4v) is 2.40. The van der Waals surface area contributed by atoms with E-state index in [0.29, 0.717) is 6.04 Å². The van der Waals surface area contributed by atoms with E-state index >= 15 is 0 Å². The Morgan fingerprint density at radius 2 is 2.17 bits per heavy atom. The van der Waals surface area contributed by atoms with Gasteiger partial charge >= 0.3 is 5.97 Å². The molecule has 0 bridgehead atoms. The minimum absolute atomic E-state index is 0.149. The predicted octanol–water partition coefficient (Wildman–Crippen LogP) is 1.52. The number of aryl methyl sites for hydroxylation is 1. The Bertz CT molecular complexity index is 414. The summed E-state index contributed by atoms with van der Waals surface area (Å²) in [5, 5.41) is 12.4. The van der Waals surface area contributed by atoms with Crippen LogP contribution in [0.3, 0.4) is 0 Å². The van der Waals surface area contributed by atoms with E-state index in [-0.39, 0.29) is 5.92 Å². The maximum atomic E-state index is 10.8. The Morgan fingerprint density at radius 3 is 2.78 bits per heavy atom. The van der Waals surface area contributed by atoms with Crippen LogP contribution in [0.1, 0.15) is 37.2 Å². The molecule has 1 fully saturated rings. The van der Waals surface area contributed by atoms with Gasteiger partial charge in [0.2, 0.25) is 0 Å². The molecule has 0 atom stereocenters. The van der Waals surface area contributed by atoms with E-state index in [1.54, 1.807) is 6.20 Å². The largest absolute Gasteiger partial charge is 0.481 e. The maximum absolute atomic E-state index is 10.8. The van der Waals surface area contributed by atoms with Crippen molar-refractivity contribution in [3.63, 3.8) is 0 Å². The second-order valence-electron chi connectivity index (χ2n) is 4.86. The first-order valence-corrected chi connectivity index (χ1v) is 6.40. The number of nitrogens with zero attached hydrogens (tertiary/aromatic N) is 2. The van der Waals surface area contributed by atoms with Crippen molar-refractivity contribution in [1.82, 2.24) is 15.3 Å². The van der Waals surface area contributed by atoms with Crippen LogP contribution in [0.2, 0.25) is 0 Å². The summed E-state index contributed by atoms with van der Waals surface area (Å²) in [6.07, 6.45) is 5.17. The van der Waals surface area contributed by atoms with Crippen molar-refractivity contribution in [1.29, 1.82) is 0 Å². The highest BCUT2D eigenvalue weighted by Crippen LogP contribution is 2.24. The van der Waals surface area contributed by atoms with Crippen LogP contribution in [-0.4, -0.2) is 27.1 Å². The number of aromatic nitrogens is 2. The Labute approximate surface area is 107 Å². The monoisotopic (exact) mass is 249 g/mol. The molecule has 0 unspecified atom stereocenters. The zero-order chi connectivity index (χ0) is 13.0. The summed E-state index contributed by atoms with van der Waals surface area (Å²) in [5.74, 6) is -0.0203. The average molecular weight is 249 g/mol. The number of hydrogen-bond acceptors (Lipinski definition) is 4. The Balaban J connectivity index is 1.77. The van der Waals surface area contributed by atoms with Gasteiger partial charge in [0.05, 0.1) is 11.6 Å². The van der Waals surface area contributed by atoms with Gasteiger partial charge in [0.25, 0.3) is 0 Å². The Hall–Kier alpha value is -1.49. The molecule has 1 aromatic rings. The van der Waals surface area contributed by atoms with Gasteiger partial charge in [-0.1, -0.05) is 0 Å². The molecule has 5 nitrogen and oxygen atoms in total. The van der Waals surface area contributed by atoms with E-state index in [1.807, 2.05) is 13.0 Å². The number of rotatable bonds is 4. The molecule has 0 aromatic carbocycles. The summed E-state index contributed by atoms with van der Waals surface area (Å²) in [4.78, 5) is 19.2. The SMILES string of the molecule is Cc1nccc(CNC2CCC(C(=O)O)CC2)n1. The smallest absolute Gasteiger partial charge is 0.306 e. The lowest BCUT2D eigenvalue weighted by Gasteiger charge is -2.26. The summed E-state index contributed by atoms with van der Waals surface area (Å²) in [7, 11) is 0. The highest BCUT2D eigenvalue weighted by Gasteiger charge is 2.25. The third kappa shape index (κ3) is 3.50. The maximum Gasteiger partial charge on any atom is 0.306 e. The van der Waals surface area contributed by atoms with Crippen LogP contribution >= 0.6 is 0 Å². The molecule has 1 heterocycles.